The van der Waals surface area contributed by atoms with Gasteiger partial charge in [0.25, 0.3) is 0 Å². The van der Waals surface area contributed by atoms with Crippen molar-refractivity contribution in [2.75, 3.05) is 19.6 Å². The van der Waals surface area contributed by atoms with Gasteiger partial charge < -0.3 is 10.2 Å². The zero-order valence-electron chi connectivity index (χ0n) is 13.6. The lowest BCUT2D eigenvalue weighted by Gasteiger charge is -2.38. The largest absolute Gasteiger partial charge is 0.333 e. The summed E-state index contributed by atoms with van der Waals surface area (Å²) in [5.74, 6) is 0.627. The quantitative estimate of drug-likeness (QED) is 0.930. The molecule has 1 aromatic rings. The molecule has 2 atom stereocenters. The molecule has 21 heavy (non-hydrogen) atoms. The van der Waals surface area contributed by atoms with Gasteiger partial charge in [0.15, 0.2) is 0 Å². The zero-order valence-corrected chi connectivity index (χ0v) is 13.6. The first-order valence-corrected chi connectivity index (χ1v) is 7.79. The molecule has 116 valence electrons. The number of amides is 1. The van der Waals surface area contributed by atoms with Crippen molar-refractivity contribution in [3.63, 3.8) is 0 Å². The Balaban J connectivity index is 2.10. The molecule has 1 N–H and O–H groups in total. The number of carbonyl (C=O) groups is 1. The van der Waals surface area contributed by atoms with E-state index in [9.17, 15) is 4.79 Å². The molecule has 2 heterocycles. The second-order valence-electron chi connectivity index (χ2n) is 7.06. The third kappa shape index (κ3) is 4.03. The first-order chi connectivity index (χ1) is 9.89. The molecule has 1 saturated heterocycles. The summed E-state index contributed by atoms with van der Waals surface area (Å²) in [6, 6.07) is 4.09. The predicted octanol–water partition coefficient (Wildman–Crippen LogP) is 2.63. The number of nitrogens with zero attached hydrogens (tertiary/aromatic N) is 2. The van der Waals surface area contributed by atoms with Crippen LogP contribution in [0.2, 0.25) is 0 Å². The van der Waals surface area contributed by atoms with Gasteiger partial charge in [0, 0.05) is 38.4 Å². The van der Waals surface area contributed by atoms with Crippen molar-refractivity contribution < 1.29 is 4.79 Å². The van der Waals surface area contributed by atoms with Gasteiger partial charge in [-0.15, -0.1) is 0 Å². The number of carbonyl (C=O) groups excluding carboxylic acids is 1. The molecule has 0 radical (unpaired) electrons. The molecule has 2 unspecified atom stereocenters. The topological polar surface area (TPSA) is 45.2 Å². The first kappa shape index (κ1) is 16.0. The second kappa shape index (κ2) is 6.56. The van der Waals surface area contributed by atoms with Crippen LogP contribution in [0.25, 0.3) is 0 Å². The maximum Gasteiger partial charge on any atom is 0.223 e. The Morgan fingerprint density at radius 2 is 2.29 bits per heavy atom. The molecule has 1 fully saturated rings. The SMILES string of the molecule is CC(CC(=O)N1CCNCC1c1cccnc1)C(C)(C)C. The molecule has 1 aliphatic heterocycles. The van der Waals surface area contributed by atoms with E-state index in [4.69, 9.17) is 0 Å². The fourth-order valence-corrected chi connectivity index (χ4v) is 2.56. The maximum atomic E-state index is 12.7. The van der Waals surface area contributed by atoms with E-state index in [1.807, 2.05) is 17.2 Å². The number of piperazine rings is 1. The highest BCUT2D eigenvalue weighted by Crippen LogP contribution is 2.30. The molecule has 0 bridgehead atoms. The van der Waals surface area contributed by atoms with Crippen LogP contribution in [-0.4, -0.2) is 35.4 Å². The minimum atomic E-state index is 0.104. The Morgan fingerprint density at radius 3 is 2.90 bits per heavy atom. The summed E-state index contributed by atoms with van der Waals surface area (Å²) in [5, 5.41) is 3.38. The number of rotatable bonds is 3. The lowest BCUT2D eigenvalue weighted by molar-refractivity contribution is -0.136. The molecule has 4 nitrogen and oxygen atoms in total. The molecule has 1 aromatic heterocycles. The van der Waals surface area contributed by atoms with Gasteiger partial charge in [0.1, 0.15) is 0 Å². The van der Waals surface area contributed by atoms with Crippen LogP contribution >= 0.6 is 0 Å². The highest BCUT2D eigenvalue weighted by Gasteiger charge is 2.31. The standard InChI is InChI=1S/C17H27N3O/c1-13(17(2,3)4)10-16(21)20-9-8-19-12-15(20)14-6-5-7-18-11-14/h5-7,11,13,15,19H,8-10,12H2,1-4H3. The fourth-order valence-electron chi connectivity index (χ4n) is 2.56. The van der Waals surface area contributed by atoms with Crippen LogP contribution in [0.5, 0.6) is 0 Å². The molecule has 2 rings (SSSR count). The number of hydrogen-bond donors (Lipinski definition) is 1. The fraction of sp³-hybridized carbons (Fsp3) is 0.647. The maximum absolute atomic E-state index is 12.7. The van der Waals surface area contributed by atoms with E-state index < -0.39 is 0 Å². The van der Waals surface area contributed by atoms with E-state index in [0.717, 1.165) is 25.2 Å². The lowest BCUT2D eigenvalue weighted by Crippen LogP contribution is -2.49. The van der Waals surface area contributed by atoms with Crippen LogP contribution in [0, 0.1) is 11.3 Å². The molecule has 1 aliphatic rings. The molecular formula is C17H27N3O. The van der Waals surface area contributed by atoms with Crippen LogP contribution in [-0.2, 0) is 4.79 Å². The average molecular weight is 289 g/mol. The van der Waals surface area contributed by atoms with Crippen molar-refractivity contribution in [2.24, 2.45) is 11.3 Å². The van der Waals surface area contributed by atoms with Gasteiger partial charge in [0.05, 0.1) is 6.04 Å². The van der Waals surface area contributed by atoms with E-state index >= 15 is 0 Å². The number of pyridine rings is 1. The van der Waals surface area contributed by atoms with Gasteiger partial charge in [-0.25, -0.2) is 0 Å². The highest BCUT2D eigenvalue weighted by molar-refractivity contribution is 5.77. The Morgan fingerprint density at radius 1 is 1.52 bits per heavy atom. The summed E-state index contributed by atoms with van der Waals surface area (Å²) >= 11 is 0. The molecule has 0 saturated carbocycles. The van der Waals surface area contributed by atoms with Crippen molar-refractivity contribution in [1.29, 1.82) is 0 Å². The van der Waals surface area contributed by atoms with Gasteiger partial charge in [0.2, 0.25) is 5.91 Å². The Labute approximate surface area is 127 Å². The third-order valence-corrected chi connectivity index (χ3v) is 4.59. The summed E-state index contributed by atoms with van der Waals surface area (Å²) in [6.07, 6.45) is 4.25. The van der Waals surface area contributed by atoms with E-state index in [-0.39, 0.29) is 17.4 Å². The lowest BCUT2D eigenvalue weighted by atomic mass is 9.80. The van der Waals surface area contributed by atoms with Gasteiger partial charge in [-0.2, -0.15) is 0 Å². The number of nitrogens with one attached hydrogen (secondary N) is 1. The Kier molecular flexibility index (Phi) is 4.99. The van der Waals surface area contributed by atoms with Gasteiger partial charge in [-0.3, -0.25) is 9.78 Å². The van der Waals surface area contributed by atoms with Crippen molar-refractivity contribution >= 4 is 5.91 Å². The molecule has 0 spiro atoms. The number of aromatic nitrogens is 1. The van der Waals surface area contributed by atoms with Crippen molar-refractivity contribution in [3.8, 4) is 0 Å². The zero-order chi connectivity index (χ0) is 15.5. The minimum absolute atomic E-state index is 0.104. The smallest absolute Gasteiger partial charge is 0.223 e. The summed E-state index contributed by atoms with van der Waals surface area (Å²) < 4.78 is 0. The Bertz CT molecular complexity index is 467. The second-order valence-corrected chi connectivity index (χ2v) is 7.06. The Hall–Kier alpha value is -1.42. The van der Waals surface area contributed by atoms with Crippen molar-refractivity contribution in [3.05, 3.63) is 30.1 Å². The molecule has 1 amide bonds. The first-order valence-electron chi connectivity index (χ1n) is 7.79. The third-order valence-electron chi connectivity index (χ3n) is 4.59. The van der Waals surface area contributed by atoms with Crippen LogP contribution < -0.4 is 5.32 Å². The predicted molar refractivity (Wildman–Crippen MR) is 84.8 cm³/mol. The van der Waals surface area contributed by atoms with E-state index in [2.05, 4.69) is 44.1 Å². The summed E-state index contributed by atoms with van der Waals surface area (Å²) in [5.41, 5.74) is 1.27. The highest BCUT2D eigenvalue weighted by atomic mass is 16.2. The van der Waals surface area contributed by atoms with Gasteiger partial charge >= 0.3 is 0 Å². The minimum Gasteiger partial charge on any atom is -0.333 e. The summed E-state index contributed by atoms with van der Waals surface area (Å²) in [7, 11) is 0. The van der Waals surface area contributed by atoms with Crippen LogP contribution in [0.1, 0.15) is 45.7 Å². The van der Waals surface area contributed by atoms with E-state index in [0.29, 0.717) is 12.3 Å². The van der Waals surface area contributed by atoms with Crippen LogP contribution in [0.15, 0.2) is 24.5 Å². The molecule has 0 aromatic carbocycles. The average Bonchev–Trinajstić information content (AvgIpc) is 2.47. The molecular weight excluding hydrogens is 262 g/mol. The van der Waals surface area contributed by atoms with Crippen LogP contribution in [0.3, 0.4) is 0 Å². The van der Waals surface area contributed by atoms with Crippen molar-refractivity contribution in [2.45, 2.75) is 40.2 Å². The summed E-state index contributed by atoms with van der Waals surface area (Å²) in [6.45, 7) is 11.2. The number of hydrogen-bond acceptors (Lipinski definition) is 3. The normalized spacial score (nSPS) is 21.1. The van der Waals surface area contributed by atoms with Gasteiger partial charge in [-0.1, -0.05) is 33.8 Å². The van der Waals surface area contributed by atoms with Crippen molar-refractivity contribution in [1.82, 2.24) is 15.2 Å². The summed E-state index contributed by atoms with van der Waals surface area (Å²) in [4.78, 5) is 18.9. The monoisotopic (exact) mass is 289 g/mol. The van der Waals surface area contributed by atoms with Gasteiger partial charge in [-0.05, 0) is 23.0 Å². The van der Waals surface area contributed by atoms with E-state index in [1.54, 1.807) is 6.20 Å². The molecule has 0 aliphatic carbocycles. The van der Waals surface area contributed by atoms with E-state index in [1.165, 1.54) is 0 Å². The van der Waals surface area contributed by atoms with Crippen LogP contribution in [0.4, 0.5) is 0 Å². The molecule has 4 heteroatoms.